The molecule has 0 aliphatic carbocycles. The summed E-state index contributed by atoms with van der Waals surface area (Å²) in [4.78, 5) is 56.7. The van der Waals surface area contributed by atoms with Crippen LogP contribution >= 0.6 is 69.6 Å². The number of nitrogens with one attached hydrogen (secondary N) is 5. The van der Waals surface area contributed by atoms with Gasteiger partial charge in [-0.25, -0.2) is 23.9 Å². The third kappa shape index (κ3) is 23.6. The van der Waals surface area contributed by atoms with Crippen molar-refractivity contribution in [2.45, 2.75) is 46.6 Å². The molecule has 0 aliphatic heterocycles. The van der Waals surface area contributed by atoms with Crippen molar-refractivity contribution < 1.29 is 48.4 Å². The van der Waals surface area contributed by atoms with Crippen molar-refractivity contribution in [2.75, 3.05) is 36.3 Å². The Kier molecular flexibility index (Phi) is 29.7. The SMILES string of the molecule is CCOC(=O)c1n[nH]nc1NCc1ccc2cc(Cl)ccc2c1.CCOC(=O)c1nnn(Cc2ccc(OC)cc2)c1NCc1ccc2cc(Cl)ccc2c1.NC(=O)c1ccc2cc(Cl)ccc2c1.NCc1ccc2cc(Cl)ccc2c1.O=C(O)c1ccc2cc(Cl)ccc2c1.O=C(O)c1n[nH]nc1NCc1ccc2cc(Cl)ccc2c1. The van der Waals surface area contributed by atoms with Gasteiger partial charge >= 0.3 is 23.9 Å². The van der Waals surface area contributed by atoms with E-state index in [2.05, 4.69) is 75.3 Å². The standard InChI is InChI=1S/C24H23ClN4O3.C16H15ClN4O2.C14H11ClN4O2.C11H8ClNO.C11H10ClN.C11H7ClO2/c1-3-32-24(30)22-23(29(28-27-22)15-16-5-10-21(31-2)11-6-16)26-14-17-4-7-19-13-20(25)9-8-18(19)12-17;1-2-23-16(22)14-15(20-21-19-14)18-9-10-3-4-12-8-13(17)6-5-11(12)7-10;15-11-4-3-9-5-8(1-2-10(9)6-11)7-16-13-12(14(20)21)17-19-18-13;12-10-4-3-7-5-9(11(13)14)2-1-8(7)6-10;12-11-4-3-9-5-8(7-13)1-2-10(9)6-11;12-10-4-3-7-5-9(11(13)14)2-1-8(7)6-10/h4-13,26H,3,14-15H2,1-2H3;3-8H,2,9H2,1H3,(H2,18,19,20,21);1-6H,7H2,(H,20,21)(H2,16,17,18,19);1-6H,(H2,13,14);1-6H,7,13H2;1-6H,(H,13,14). The molecule has 0 aliphatic rings. The lowest BCUT2D eigenvalue weighted by atomic mass is 10.1. The van der Waals surface area contributed by atoms with Crippen LogP contribution in [-0.2, 0) is 42.2 Å². The highest BCUT2D eigenvalue weighted by atomic mass is 35.5. The van der Waals surface area contributed by atoms with Crippen molar-refractivity contribution >= 4 is 181 Å². The first-order valence-electron chi connectivity index (χ1n) is 36.0. The van der Waals surface area contributed by atoms with Crippen LogP contribution in [0.2, 0.25) is 30.1 Å². The molecule has 24 nitrogen and oxygen atoms in total. The molecule has 16 rings (SSSR count). The molecule has 0 unspecified atom stereocenters. The lowest BCUT2D eigenvalue weighted by Crippen LogP contribution is -2.13. The summed E-state index contributed by atoms with van der Waals surface area (Å²) in [6.07, 6.45) is 0. The molecule has 0 bridgehead atoms. The van der Waals surface area contributed by atoms with Crippen LogP contribution in [0.5, 0.6) is 5.75 Å². The smallest absolute Gasteiger partial charge is 0.362 e. The number of carbonyl (C=O) groups is 5. The fraction of sp³-hybridized carbons (Fsp3) is 0.115. The molecule has 13 aromatic carbocycles. The van der Waals surface area contributed by atoms with Gasteiger partial charge in [0.15, 0.2) is 17.5 Å². The van der Waals surface area contributed by atoms with Crippen molar-refractivity contribution in [2.24, 2.45) is 11.5 Å². The number of H-pyrrole nitrogens is 2. The Balaban J connectivity index is 0.000000142. The van der Waals surface area contributed by atoms with Crippen molar-refractivity contribution in [1.29, 1.82) is 0 Å². The van der Waals surface area contributed by atoms with E-state index in [1.54, 1.807) is 68.1 Å². The number of hydrogen-bond donors (Lipinski definition) is 9. The van der Waals surface area contributed by atoms with E-state index >= 15 is 0 Å². The largest absolute Gasteiger partial charge is 0.497 e. The number of methoxy groups -OCH3 is 1. The molecule has 0 fully saturated rings. The minimum Gasteiger partial charge on any atom is -0.497 e. The zero-order valence-corrected chi connectivity index (χ0v) is 67.3. The van der Waals surface area contributed by atoms with E-state index in [1.165, 1.54) is 5.39 Å². The van der Waals surface area contributed by atoms with Gasteiger partial charge in [0.1, 0.15) is 5.75 Å². The molecule has 594 valence electrons. The van der Waals surface area contributed by atoms with Gasteiger partial charge in [-0.1, -0.05) is 184 Å². The van der Waals surface area contributed by atoms with Gasteiger partial charge in [-0.05, 0) is 240 Å². The second kappa shape index (κ2) is 40.9. The Morgan fingerprint density at radius 2 is 0.726 bits per heavy atom. The van der Waals surface area contributed by atoms with E-state index in [9.17, 15) is 24.0 Å². The number of hydrogen-bond acceptors (Lipinski definition) is 18. The Bertz CT molecular complexity index is 6150. The predicted octanol–water partition coefficient (Wildman–Crippen LogP) is 20.0. The number of amides is 1. The summed E-state index contributed by atoms with van der Waals surface area (Å²) in [6.45, 7) is 6.52. The number of nitrogens with two attached hydrogens (primary N) is 2. The van der Waals surface area contributed by atoms with E-state index < -0.39 is 29.8 Å². The van der Waals surface area contributed by atoms with Crippen molar-refractivity contribution in [3.8, 4) is 5.75 Å². The van der Waals surface area contributed by atoms with Crippen LogP contribution in [0.3, 0.4) is 0 Å². The van der Waals surface area contributed by atoms with Gasteiger partial charge in [0, 0.05) is 61.9 Å². The molecule has 11 N–H and O–H groups in total. The Hall–Kier alpha value is -12.9. The minimum atomic E-state index is -1.13. The molecule has 3 aromatic heterocycles. The van der Waals surface area contributed by atoms with Gasteiger partial charge in [0.05, 0.1) is 32.4 Å². The number of carboxylic acids is 2. The van der Waals surface area contributed by atoms with Crippen LogP contribution in [0.4, 0.5) is 17.5 Å². The number of rotatable bonds is 20. The number of fused-ring (bicyclic) bond motifs is 6. The number of primary amides is 1. The first-order chi connectivity index (χ1) is 56.5. The summed E-state index contributed by atoms with van der Waals surface area (Å²) in [5.41, 5.74) is 17.0. The molecule has 30 heteroatoms. The average Bonchev–Trinajstić information content (AvgIpc) is 1.73. The number of carbonyl (C=O) groups excluding carboxylic acids is 3. The molecule has 16 aromatic rings. The first-order valence-corrected chi connectivity index (χ1v) is 38.3. The number of aromatic carboxylic acids is 2. The summed E-state index contributed by atoms with van der Waals surface area (Å²) < 4.78 is 17.0. The lowest BCUT2D eigenvalue weighted by molar-refractivity contribution is 0.0511. The highest BCUT2D eigenvalue weighted by molar-refractivity contribution is 6.33. The number of halogens is 6. The second-order valence-corrected chi connectivity index (χ2v) is 28.3. The van der Waals surface area contributed by atoms with Gasteiger partial charge in [-0.15, -0.1) is 25.5 Å². The van der Waals surface area contributed by atoms with E-state index in [4.69, 9.17) is 105 Å². The summed E-state index contributed by atoms with van der Waals surface area (Å²) in [7, 11) is 1.63. The number of aromatic nitrogens is 9. The van der Waals surface area contributed by atoms with Crippen molar-refractivity contribution in [3.63, 3.8) is 0 Å². The highest BCUT2D eigenvalue weighted by Crippen LogP contribution is 2.29. The van der Waals surface area contributed by atoms with Crippen LogP contribution in [0.1, 0.15) is 93.8 Å². The molecule has 0 saturated heterocycles. The van der Waals surface area contributed by atoms with Crippen LogP contribution in [-0.4, -0.2) is 106 Å². The number of esters is 2. The lowest BCUT2D eigenvalue weighted by Gasteiger charge is -2.12. The number of aromatic amines is 2. The van der Waals surface area contributed by atoms with Crippen LogP contribution in [0.15, 0.2) is 243 Å². The Morgan fingerprint density at radius 1 is 0.393 bits per heavy atom. The molecule has 0 atom stereocenters. The average molecular weight is 1690 g/mol. The molecule has 117 heavy (non-hydrogen) atoms. The number of anilines is 3. The maximum Gasteiger partial charge on any atom is 0.362 e. The number of benzene rings is 13. The monoisotopic (exact) mass is 1680 g/mol. The van der Waals surface area contributed by atoms with Gasteiger partial charge < -0.3 is 51.8 Å². The molecular formula is C87H74Cl6N14O10. The summed E-state index contributed by atoms with van der Waals surface area (Å²) in [6, 6.07) is 76.1. The minimum absolute atomic E-state index is 0.123. The Morgan fingerprint density at radius 3 is 1.12 bits per heavy atom. The van der Waals surface area contributed by atoms with Crippen molar-refractivity contribution in [3.05, 3.63) is 329 Å². The molecule has 0 radical (unpaired) electrons. The quantitative estimate of drug-likeness (QED) is 0.0320. The van der Waals surface area contributed by atoms with Crippen LogP contribution in [0, 0.1) is 0 Å². The maximum absolute atomic E-state index is 12.4. The summed E-state index contributed by atoms with van der Waals surface area (Å²) >= 11 is 35.5. The molecule has 0 spiro atoms. The van der Waals surface area contributed by atoms with E-state index in [0.717, 1.165) is 97.8 Å². The number of nitrogens with zero attached hydrogens (tertiary/aromatic N) is 7. The van der Waals surface area contributed by atoms with E-state index in [0.29, 0.717) is 87.2 Å². The summed E-state index contributed by atoms with van der Waals surface area (Å²) in [5.74, 6) is -1.59. The van der Waals surface area contributed by atoms with Crippen LogP contribution in [0.25, 0.3) is 64.6 Å². The highest BCUT2D eigenvalue weighted by Gasteiger charge is 2.23. The van der Waals surface area contributed by atoms with E-state index in [1.807, 2.05) is 182 Å². The zero-order chi connectivity index (χ0) is 83.1. The Labute approximate surface area is 699 Å². The van der Waals surface area contributed by atoms with Gasteiger partial charge in [0.2, 0.25) is 23.0 Å². The fourth-order valence-corrected chi connectivity index (χ4v) is 12.9. The molecule has 0 saturated carbocycles. The van der Waals surface area contributed by atoms with Crippen LogP contribution < -0.4 is 32.2 Å². The summed E-state index contributed by atoms with van der Waals surface area (Å²) in [5, 5.41) is 72.0. The topological polar surface area (TPSA) is 355 Å². The molecule has 1 amide bonds. The maximum atomic E-state index is 12.4. The first kappa shape index (κ1) is 85.0. The third-order valence-corrected chi connectivity index (χ3v) is 19.1. The normalized spacial score (nSPS) is 10.6. The van der Waals surface area contributed by atoms with Gasteiger partial charge in [-0.3, -0.25) is 4.79 Å². The van der Waals surface area contributed by atoms with Crippen molar-refractivity contribution in [1.82, 2.24) is 45.8 Å². The number of ether oxygens (including phenoxy) is 3. The fourth-order valence-electron chi connectivity index (χ4n) is 11.8. The zero-order valence-electron chi connectivity index (χ0n) is 62.8. The van der Waals surface area contributed by atoms with Gasteiger partial charge in [0.25, 0.3) is 0 Å². The predicted molar refractivity (Wildman–Crippen MR) is 463 cm³/mol. The molecule has 3 heterocycles. The second-order valence-electron chi connectivity index (χ2n) is 25.7. The molecular weight excluding hydrogens is 1610 g/mol. The van der Waals surface area contributed by atoms with Gasteiger partial charge in [-0.2, -0.15) is 10.4 Å². The number of carboxylic acid groups (broad SMARTS) is 2. The third-order valence-electron chi connectivity index (χ3n) is 17.7. The van der Waals surface area contributed by atoms with E-state index in [-0.39, 0.29) is 29.5 Å².